The van der Waals surface area contributed by atoms with Gasteiger partial charge >= 0.3 is 0 Å². The predicted molar refractivity (Wildman–Crippen MR) is 67.4 cm³/mol. The first-order valence-electron chi connectivity index (χ1n) is 4.47. The average Bonchev–Trinajstić information content (AvgIpc) is 2.28. The molecule has 0 unspecified atom stereocenters. The van der Waals surface area contributed by atoms with Crippen molar-refractivity contribution in [3.63, 3.8) is 0 Å². The number of Topliss-reactive ketones (excluding diaryl/α,β-unsaturated/α-hetero) is 1. The third kappa shape index (κ3) is 3.31. The molecule has 0 aliphatic rings. The Morgan fingerprint density at radius 1 is 1.56 bits per heavy atom. The Labute approximate surface area is 106 Å². The van der Waals surface area contributed by atoms with E-state index in [0.29, 0.717) is 16.6 Å². The predicted octanol–water partition coefficient (Wildman–Crippen LogP) is 2.82. The summed E-state index contributed by atoms with van der Waals surface area (Å²) in [5, 5.41) is 11.0. The summed E-state index contributed by atoms with van der Waals surface area (Å²) in [4.78, 5) is 22.1. The molecule has 0 bridgehead atoms. The maximum atomic E-state index is 11.2. The van der Waals surface area contributed by atoms with Gasteiger partial charge in [-0.25, -0.2) is 0 Å². The summed E-state index contributed by atoms with van der Waals surface area (Å²) >= 11 is 4.39. The van der Waals surface area contributed by atoms with Gasteiger partial charge in [-0.3, -0.25) is 14.9 Å². The van der Waals surface area contributed by atoms with Crippen molar-refractivity contribution in [3.05, 3.63) is 33.9 Å². The topological polar surface area (TPSA) is 60.2 Å². The van der Waals surface area contributed by atoms with E-state index in [9.17, 15) is 14.9 Å². The van der Waals surface area contributed by atoms with E-state index >= 15 is 0 Å². The molecule has 0 atom stereocenters. The van der Waals surface area contributed by atoms with Crippen LogP contribution in [-0.2, 0) is 11.2 Å². The monoisotopic (exact) mass is 303 g/mol. The molecule has 1 rings (SSSR count). The molecule has 0 N–H and O–H groups in total. The molecule has 86 valence electrons. The van der Waals surface area contributed by atoms with Gasteiger partial charge in [-0.05, 0) is 17.9 Å². The Balaban J connectivity index is 2.99. The molecule has 0 saturated heterocycles. The SMILES string of the molecule is CSc1cc(CC(=O)CBr)ccc1[N+](=O)[O-]. The number of halogens is 1. The van der Waals surface area contributed by atoms with E-state index in [4.69, 9.17) is 0 Å². The van der Waals surface area contributed by atoms with Crippen LogP contribution >= 0.6 is 27.7 Å². The van der Waals surface area contributed by atoms with Crippen LogP contribution in [0.3, 0.4) is 0 Å². The fraction of sp³-hybridized carbons (Fsp3) is 0.300. The van der Waals surface area contributed by atoms with Gasteiger partial charge in [-0.15, -0.1) is 11.8 Å². The third-order valence-electron chi connectivity index (χ3n) is 1.99. The summed E-state index contributed by atoms with van der Waals surface area (Å²) in [5.74, 6) is 0.0564. The minimum absolute atomic E-state index is 0.0564. The van der Waals surface area contributed by atoms with Crippen LogP contribution in [0.5, 0.6) is 0 Å². The largest absolute Gasteiger partial charge is 0.298 e. The standard InChI is InChI=1S/C10H10BrNO3S/c1-16-10-5-7(4-8(13)6-11)2-3-9(10)12(14)15/h2-3,5H,4,6H2,1H3. The van der Waals surface area contributed by atoms with Gasteiger partial charge in [0.05, 0.1) is 15.1 Å². The maximum absolute atomic E-state index is 11.2. The Hall–Kier alpha value is -0.880. The van der Waals surface area contributed by atoms with E-state index in [2.05, 4.69) is 15.9 Å². The lowest BCUT2D eigenvalue weighted by Crippen LogP contribution is -2.03. The van der Waals surface area contributed by atoms with Gasteiger partial charge in [0.25, 0.3) is 5.69 Å². The van der Waals surface area contributed by atoms with Gasteiger partial charge in [0, 0.05) is 12.5 Å². The Morgan fingerprint density at radius 2 is 2.25 bits per heavy atom. The quantitative estimate of drug-likeness (QED) is 0.363. The molecule has 16 heavy (non-hydrogen) atoms. The molecule has 0 saturated carbocycles. The first kappa shape index (κ1) is 13.2. The van der Waals surface area contributed by atoms with Crippen molar-refractivity contribution in [1.82, 2.24) is 0 Å². The molecule has 0 aromatic heterocycles. The van der Waals surface area contributed by atoms with Crippen molar-refractivity contribution in [1.29, 1.82) is 0 Å². The number of rotatable bonds is 5. The maximum Gasteiger partial charge on any atom is 0.282 e. The molecule has 4 nitrogen and oxygen atoms in total. The molecular weight excluding hydrogens is 294 g/mol. The molecular formula is C10H10BrNO3S. The van der Waals surface area contributed by atoms with Crippen molar-refractivity contribution in [2.45, 2.75) is 11.3 Å². The number of benzene rings is 1. The van der Waals surface area contributed by atoms with Crippen molar-refractivity contribution in [2.75, 3.05) is 11.6 Å². The molecule has 0 fully saturated rings. The van der Waals surface area contributed by atoms with Gasteiger partial charge in [-0.1, -0.05) is 22.0 Å². The Morgan fingerprint density at radius 3 is 2.75 bits per heavy atom. The van der Waals surface area contributed by atoms with Crippen LogP contribution in [0.4, 0.5) is 5.69 Å². The number of hydrogen-bond donors (Lipinski definition) is 0. The lowest BCUT2D eigenvalue weighted by atomic mass is 10.1. The Kier molecular flexibility index (Phi) is 4.95. The van der Waals surface area contributed by atoms with Gasteiger partial charge in [-0.2, -0.15) is 0 Å². The lowest BCUT2D eigenvalue weighted by molar-refractivity contribution is -0.387. The molecule has 0 radical (unpaired) electrons. The number of thioether (sulfide) groups is 1. The van der Waals surface area contributed by atoms with E-state index < -0.39 is 4.92 Å². The van der Waals surface area contributed by atoms with E-state index in [-0.39, 0.29) is 11.5 Å². The summed E-state index contributed by atoms with van der Waals surface area (Å²) in [6.45, 7) is 0. The number of nitro groups is 1. The molecule has 0 aliphatic carbocycles. The molecule has 0 amide bonds. The van der Waals surface area contributed by atoms with Crippen LogP contribution in [-0.4, -0.2) is 22.3 Å². The zero-order valence-corrected chi connectivity index (χ0v) is 11.0. The summed E-state index contributed by atoms with van der Waals surface area (Å²) in [6.07, 6.45) is 2.08. The van der Waals surface area contributed by atoms with E-state index in [1.807, 2.05) is 0 Å². The number of nitrogens with zero attached hydrogens (tertiary/aromatic N) is 1. The summed E-state index contributed by atoms with van der Waals surface area (Å²) in [7, 11) is 0. The highest BCUT2D eigenvalue weighted by Gasteiger charge is 2.14. The van der Waals surface area contributed by atoms with Crippen molar-refractivity contribution < 1.29 is 9.72 Å². The van der Waals surface area contributed by atoms with Crippen molar-refractivity contribution >= 4 is 39.2 Å². The fourth-order valence-corrected chi connectivity index (χ4v) is 2.08. The van der Waals surface area contributed by atoms with E-state index in [1.165, 1.54) is 17.8 Å². The summed E-state index contributed by atoms with van der Waals surface area (Å²) in [5.41, 5.74) is 0.891. The zero-order valence-electron chi connectivity index (χ0n) is 8.60. The zero-order chi connectivity index (χ0) is 12.1. The van der Waals surface area contributed by atoms with Crippen LogP contribution in [0.2, 0.25) is 0 Å². The smallest absolute Gasteiger partial charge is 0.282 e. The average molecular weight is 304 g/mol. The van der Waals surface area contributed by atoms with E-state index in [1.54, 1.807) is 18.4 Å². The Bertz CT molecular complexity index is 423. The highest BCUT2D eigenvalue weighted by molar-refractivity contribution is 9.09. The van der Waals surface area contributed by atoms with Gasteiger partial charge in [0.15, 0.2) is 0 Å². The van der Waals surface area contributed by atoms with Crippen LogP contribution in [0.25, 0.3) is 0 Å². The molecule has 6 heteroatoms. The number of carbonyl (C=O) groups is 1. The minimum atomic E-state index is -0.415. The number of carbonyl (C=O) groups excluding carboxylic acids is 1. The third-order valence-corrected chi connectivity index (χ3v) is 3.38. The lowest BCUT2D eigenvalue weighted by Gasteiger charge is -2.03. The number of hydrogen-bond acceptors (Lipinski definition) is 4. The number of nitro benzene ring substituents is 1. The molecule has 1 aromatic rings. The normalized spacial score (nSPS) is 10.1. The van der Waals surface area contributed by atoms with Crippen LogP contribution in [0.15, 0.2) is 23.1 Å². The van der Waals surface area contributed by atoms with Crippen molar-refractivity contribution in [2.24, 2.45) is 0 Å². The van der Waals surface area contributed by atoms with Crippen LogP contribution in [0.1, 0.15) is 5.56 Å². The number of alkyl halides is 1. The fourth-order valence-electron chi connectivity index (χ4n) is 1.26. The second-order valence-corrected chi connectivity index (χ2v) is 4.52. The first-order valence-corrected chi connectivity index (χ1v) is 6.82. The summed E-state index contributed by atoms with van der Waals surface area (Å²) < 4.78 is 0. The number of ketones is 1. The highest BCUT2D eigenvalue weighted by atomic mass is 79.9. The highest BCUT2D eigenvalue weighted by Crippen LogP contribution is 2.28. The molecule has 1 aromatic carbocycles. The molecule has 0 heterocycles. The molecule has 0 spiro atoms. The second kappa shape index (κ2) is 6.00. The van der Waals surface area contributed by atoms with Gasteiger partial charge in [0.1, 0.15) is 5.78 Å². The van der Waals surface area contributed by atoms with Crippen molar-refractivity contribution in [3.8, 4) is 0 Å². The summed E-state index contributed by atoms with van der Waals surface area (Å²) in [6, 6.07) is 4.77. The minimum Gasteiger partial charge on any atom is -0.298 e. The second-order valence-electron chi connectivity index (χ2n) is 3.11. The van der Waals surface area contributed by atoms with Gasteiger partial charge < -0.3 is 0 Å². The van der Waals surface area contributed by atoms with Crippen LogP contribution in [0, 0.1) is 10.1 Å². The molecule has 0 aliphatic heterocycles. The van der Waals surface area contributed by atoms with Gasteiger partial charge in [0.2, 0.25) is 0 Å². The van der Waals surface area contributed by atoms with Crippen LogP contribution < -0.4 is 0 Å². The van der Waals surface area contributed by atoms with E-state index in [0.717, 1.165) is 5.56 Å². The first-order chi connectivity index (χ1) is 7.58.